The van der Waals surface area contributed by atoms with Crippen molar-refractivity contribution in [3.63, 3.8) is 0 Å². The third kappa shape index (κ3) is 6.19. The first kappa shape index (κ1) is 15.4. The lowest BCUT2D eigenvalue weighted by Gasteiger charge is -2.07. The molecule has 1 amide bonds. The van der Waals surface area contributed by atoms with Gasteiger partial charge < -0.3 is 16.0 Å². The Hall–Kier alpha value is -1.63. The van der Waals surface area contributed by atoms with Gasteiger partial charge in [0, 0.05) is 26.1 Å². The zero-order valence-corrected chi connectivity index (χ0v) is 11.9. The van der Waals surface area contributed by atoms with Crippen molar-refractivity contribution in [1.29, 1.82) is 0 Å². The van der Waals surface area contributed by atoms with E-state index in [-0.39, 0.29) is 11.2 Å². The van der Waals surface area contributed by atoms with Gasteiger partial charge in [-0.3, -0.25) is 4.79 Å². The van der Waals surface area contributed by atoms with E-state index in [4.69, 9.17) is 11.6 Å². The van der Waals surface area contributed by atoms with Crippen LogP contribution in [0.2, 0.25) is 5.28 Å². The fraction of sp³-hybridized carbons (Fsp3) is 0.636. The Morgan fingerprint density at radius 1 is 1.11 bits per heavy atom. The van der Waals surface area contributed by atoms with E-state index in [1.807, 2.05) is 13.8 Å². The van der Waals surface area contributed by atoms with Crippen LogP contribution >= 0.6 is 11.6 Å². The number of rotatable bonds is 8. The minimum Gasteiger partial charge on any atom is -0.356 e. The van der Waals surface area contributed by atoms with E-state index in [0.29, 0.717) is 31.4 Å². The number of amides is 1. The van der Waals surface area contributed by atoms with Crippen LogP contribution in [0.4, 0.5) is 11.9 Å². The van der Waals surface area contributed by atoms with Crippen LogP contribution in [-0.4, -0.2) is 40.5 Å². The first-order valence-electron chi connectivity index (χ1n) is 6.31. The number of carbonyl (C=O) groups excluding carboxylic acids is 1. The standard InChI is InChI=1S/C11H19ClN6O/c1-3-6-14-10-16-9(12)17-11(18-10)15-7-5-8(19)13-4-2/h3-7H2,1-2H3,(H,13,19)(H2,14,15,16,17,18). The number of hydrogen-bond acceptors (Lipinski definition) is 6. The van der Waals surface area contributed by atoms with Crippen molar-refractivity contribution >= 4 is 29.4 Å². The Morgan fingerprint density at radius 3 is 2.32 bits per heavy atom. The second-order valence-electron chi connectivity index (χ2n) is 3.81. The summed E-state index contributed by atoms with van der Waals surface area (Å²) in [4.78, 5) is 23.3. The highest BCUT2D eigenvalue weighted by Gasteiger charge is 2.05. The summed E-state index contributed by atoms with van der Waals surface area (Å²) in [5.74, 6) is 0.782. The third-order valence-electron chi connectivity index (χ3n) is 2.15. The van der Waals surface area contributed by atoms with Gasteiger partial charge in [-0.1, -0.05) is 6.92 Å². The first-order valence-corrected chi connectivity index (χ1v) is 6.69. The number of hydrogen-bond donors (Lipinski definition) is 3. The molecule has 0 atom stereocenters. The first-order chi connectivity index (χ1) is 9.15. The highest BCUT2D eigenvalue weighted by atomic mass is 35.5. The molecule has 0 unspecified atom stereocenters. The highest BCUT2D eigenvalue weighted by molar-refractivity contribution is 6.28. The summed E-state index contributed by atoms with van der Waals surface area (Å²) in [6.45, 7) is 5.75. The summed E-state index contributed by atoms with van der Waals surface area (Å²) < 4.78 is 0. The summed E-state index contributed by atoms with van der Waals surface area (Å²) in [6.07, 6.45) is 1.32. The second-order valence-corrected chi connectivity index (χ2v) is 4.15. The van der Waals surface area contributed by atoms with Crippen molar-refractivity contribution in [2.75, 3.05) is 30.3 Å². The largest absolute Gasteiger partial charge is 0.356 e. The maximum absolute atomic E-state index is 11.3. The molecular formula is C11H19ClN6O. The number of nitrogens with one attached hydrogen (secondary N) is 3. The molecule has 7 nitrogen and oxygen atoms in total. The normalized spacial score (nSPS) is 10.1. The summed E-state index contributed by atoms with van der Waals surface area (Å²) in [6, 6.07) is 0. The predicted octanol–water partition coefficient (Wildman–Crippen LogP) is 1.28. The average molecular weight is 287 g/mol. The van der Waals surface area contributed by atoms with Crippen LogP contribution < -0.4 is 16.0 Å². The molecule has 0 radical (unpaired) electrons. The van der Waals surface area contributed by atoms with Gasteiger partial charge in [0.05, 0.1) is 0 Å². The average Bonchev–Trinajstić information content (AvgIpc) is 2.36. The topological polar surface area (TPSA) is 91.8 Å². The molecular weight excluding hydrogens is 268 g/mol. The molecule has 19 heavy (non-hydrogen) atoms. The van der Waals surface area contributed by atoms with Crippen molar-refractivity contribution < 1.29 is 4.79 Å². The maximum atomic E-state index is 11.3. The van der Waals surface area contributed by atoms with Crippen LogP contribution in [0.15, 0.2) is 0 Å². The van der Waals surface area contributed by atoms with E-state index in [0.717, 1.165) is 13.0 Å². The van der Waals surface area contributed by atoms with E-state index < -0.39 is 0 Å². The van der Waals surface area contributed by atoms with E-state index >= 15 is 0 Å². The number of nitrogens with zero attached hydrogens (tertiary/aromatic N) is 3. The van der Waals surface area contributed by atoms with Crippen LogP contribution in [0.25, 0.3) is 0 Å². The SMILES string of the molecule is CCCNc1nc(Cl)nc(NCCC(=O)NCC)n1. The molecule has 0 aliphatic rings. The molecule has 0 aromatic carbocycles. The monoisotopic (exact) mass is 286 g/mol. The summed E-state index contributed by atoms with van der Waals surface area (Å²) in [5.41, 5.74) is 0. The minimum atomic E-state index is -0.0144. The third-order valence-corrected chi connectivity index (χ3v) is 2.32. The summed E-state index contributed by atoms with van der Waals surface area (Å²) >= 11 is 5.80. The Labute approximate surface area is 117 Å². The molecule has 1 heterocycles. The molecule has 3 N–H and O–H groups in total. The molecule has 0 aliphatic carbocycles. The molecule has 1 aromatic heterocycles. The van der Waals surface area contributed by atoms with Crippen molar-refractivity contribution in [2.24, 2.45) is 0 Å². The lowest BCUT2D eigenvalue weighted by Crippen LogP contribution is -2.25. The van der Waals surface area contributed by atoms with E-state index in [9.17, 15) is 4.79 Å². The van der Waals surface area contributed by atoms with Crippen LogP contribution in [-0.2, 0) is 4.79 Å². The Kier molecular flexibility index (Phi) is 6.88. The Morgan fingerprint density at radius 2 is 1.74 bits per heavy atom. The van der Waals surface area contributed by atoms with Crippen molar-refractivity contribution in [3.05, 3.63) is 5.28 Å². The fourth-order valence-electron chi connectivity index (χ4n) is 1.32. The van der Waals surface area contributed by atoms with Gasteiger partial charge in [0.25, 0.3) is 0 Å². The number of halogens is 1. The minimum absolute atomic E-state index is 0.0144. The van der Waals surface area contributed by atoms with Crippen LogP contribution in [0.3, 0.4) is 0 Å². The van der Waals surface area contributed by atoms with E-state index in [2.05, 4.69) is 30.9 Å². The van der Waals surface area contributed by atoms with Crippen LogP contribution in [0.1, 0.15) is 26.7 Å². The fourth-order valence-corrected chi connectivity index (χ4v) is 1.48. The summed E-state index contributed by atoms with van der Waals surface area (Å²) in [5, 5.41) is 8.80. The molecule has 1 rings (SSSR count). The number of aromatic nitrogens is 3. The molecule has 1 aromatic rings. The Bertz CT molecular complexity index is 414. The molecule has 0 spiro atoms. The van der Waals surface area contributed by atoms with Gasteiger partial charge >= 0.3 is 0 Å². The highest BCUT2D eigenvalue weighted by Crippen LogP contribution is 2.09. The molecule has 0 aliphatic heterocycles. The molecule has 106 valence electrons. The van der Waals surface area contributed by atoms with Gasteiger partial charge in [0.15, 0.2) is 0 Å². The van der Waals surface area contributed by atoms with Gasteiger partial charge in [0.1, 0.15) is 0 Å². The molecule has 8 heteroatoms. The van der Waals surface area contributed by atoms with Gasteiger partial charge in [0.2, 0.25) is 23.1 Å². The smallest absolute Gasteiger partial charge is 0.228 e. The van der Waals surface area contributed by atoms with E-state index in [1.54, 1.807) is 0 Å². The van der Waals surface area contributed by atoms with Gasteiger partial charge in [-0.25, -0.2) is 0 Å². The van der Waals surface area contributed by atoms with Gasteiger partial charge in [-0.05, 0) is 24.9 Å². The zero-order chi connectivity index (χ0) is 14.1. The van der Waals surface area contributed by atoms with Gasteiger partial charge in [-0.15, -0.1) is 0 Å². The van der Waals surface area contributed by atoms with E-state index in [1.165, 1.54) is 0 Å². The van der Waals surface area contributed by atoms with Crippen molar-refractivity contribution in [3.8, 4) is 0 Å². The zero-order valence-electron chi connectivity index (χ0n) is 11.2. The maximum Gasteiger partial charge on any atom is 0.228 e. The Balaban J connectivity index is 2.48. The van der Waals surface area contributed by atoms with Crippen molar-refractivity contribution in [1.82, 2.24) is 20.3 Å². The van der Waals surface area contributed by atoms with Gasteiger partial charge in [-0.2, -0.15) is 15.0 Å². The lowest BCUT2D eigenvalue weighted by molar-refractivity contribution is -0.120. The summed E-state index contributed by atoms with van der Waals surface area (Å²) in [7, 11) is 0. The van der Waals surface area contributed by atoms with Crippen LogP contribution in [0.5, 0.6) is 0 Å². The van der Waals surface area contributed by atoms with Crippen molar-refractivity contribution in [2.45, 2.75) is 26.7 Å². The quantitative estimate of drug-likeness (QED) is 0.667. The molecule has 0 bridgehead atoms. The number of anilines is 2. The van der Waals surface area contributed by atoms with Crippen LogP contribution in [0, 0.1) is 0 Å². The molecule has 0 fully saturated rings. The molecule has 0 saturated heterocycles. The predicted molar refractivity (Wildman–Crippen MR) is 75.4 cm³/mol. The number of carbonyl (C=O) groups is 1. The lowest BCUT2D eigenvalue weighted by atomic mass is 10.4. The second kappa shape index (κ2) is 8.47. The molecule has 0 saturated carbocycles.